The Morgan fingerprint density at radius 2 is 2.11 bits per heavy atom. The molecule has 2 amide bonds. The minimum atomic E-state index is -0.202. The minimum absolute atomic E-state index is 0.00873. The highest BCUT2D eigenvalue weighted by atomic mass is 19.1. The first-order valence-electron chi connectivity index (χ1n) is 10.4. The third-order valence-electron chi connectivity index (χ3n) is 6.50. The van der Waals surface area contributed by atoms with Gasteiger partial charge in [-0.3, -0.25) is 5.10 Å². The third kappa shape index (κ3) is 4.05. The fraction of sp³-hybridized carbons (Fsp3) is 0.545. The Balaban J connectivity index is 1.43. The summed E-state index contributed by atoms with van der Waals surface area (Å²) in [5.74, 6) is 0.112. The number of hydrogen-bond acceptors (Lipinski definition) is 2. The van der Waals surface area contributed by atoms with Crippen LogP contribution in [0.5, 0.6) is 0 Å². The Labute approximate surface area is 165 Å². The van der Waals surface area contributed by atoms with Gasteiger partial charge in [0.05, 0.1) is 0 Å². The van der Waals surface area contributed by atoms with Crippen molar-refractivity contribution in [3.8, 4) is 0 Å². The van der Waals surface area contributed by atoms with E-state index in [9.17, 15) is 9.18 Å². The molecule has 6 heteroatoms. The van der Waals surface area contributed by atoms with Gasteiger partial charge in [-0.15, -0.1) is 0 Å². The summed E-state index contributed by atoms with van der Waals surface area (Å²) >= 11 is 0. The smallest absolute Gasteiger partial charge is 0.317 e. The van der Waals surface area contributed by atoms with Crippen molar-refractivity contribution in [1.82, 2.24) is 20.4 Å². The van der Waals surface area contributed by atoms with Crippen LogP contribution in [0.25, 0.3) is 0 Å². The molecule has 2 aliphatic rings. The molecule has 1 unspecified atom stereocenters. The largest absolute Gasteiger partial charge is 0.337 e. The van der Waals surface area contributed by atoms with Crippen molar-refractivity contribution >= 4 is 6.03 Å². The number of carbonyl (C=O) groups excluding carboxylic acids is 1. The highest BCUT2D eigenvalue weighted by Gasteiger charge is 2.35. The van der Waals surface area contributed by atoms with E-state index in [4.69, 9.17) is 0 Å². The first-order chi connectivity index (χ1) is 13.7. The summed E-state index contributed by atoms with van der Waals surface area (Å²) in [5.41, 5.74) is 1.96. The van der Waals surface area contributed by atoms with Crippen molar-refractivity contribution < 1.29 is 9.18 Å². The number of amides is 2. The Morgan fingerprint density at radius 3 is 2.86 bits per heavy atom. The lowest BCUT2D eigenvalue weighted by molar-refractivity contribution is 0.173. The zero-order valence-corrected chi connectivity index (χ0v) is 16.3. The van der Waals surface area contributed by atoms with Crippen molar-refractivity contribution in [2.45, 2.75) is 56.3 Å². The van der Waals surface area contributed by atoms with Gasteiger partial charge in [0.1, 0.15) is 5.82 Å². The Hall–Kier alpha value is -2.37. The lowest BCUT2D eigenvalue weighted by Gasteiger charge is -2.39. The number of nitrogens with one attached hydrogen (secondary N) is 2. The summed E-state index contributed by atoms with van der Waals surface area (Å²) in [5, 5.41) is 10.3. The molecule has 2 aromatic rings. The van der Waals surface area contributed by atoms with Gasteiger partial charge in [0, 0.05) is 42.9 Å². The summed E-state index contributed by atoms with van der Waals surface area (Å²) in [4.78, 5) is 14.8. The molecule has 150 valence electrons. The number of aromatic amines is 1. The van der Waals surface area contributed by atoms with E-state index in [1.54, 1.807) is 18.3 Å². The lowest BCUT2D eigenvalue weighted by atomic mass is 9.69. The van der Waals surface area contributed by atoms with Crippen molar-refractivity contribution in [2.24, 2.45) is 0 Å². The van der Waals surface area contributed by atoms with E-state index in [0.29, 0.717) is 19.0 Å². The second-order valence-corrected chi connectivity index (χ2v) is 8.31. The number of halogens is 1. The number of piperidine rings is 1. The fourth-order valence-electron chi connectivity index (χ4n) is 4.88. The number of benzene rings is 1. The summed E-state index contributed by atoms with van der Waals surface area (Å²) < 4.78 is 13.9. The van der Waals surface area contributed by atoms with Gasteiger partial charge < -0.3 is 10.2 Å². The SMILES string of the molecule is O=C(NCC1(c2cccc(F)c2)CCCCC1)N1CCCC(c2ccn[nH]2)C1. The lowest BCUT2D eigenvalue weighted by Crippen LogP contribution is -2.49. The average Bonchev–Trinajstić information content (AvgIpc) is 3.28. The van der Waals surface area contributed by atoms with E-state index in [0.717, 1.165) is 56.3 Å². The predicted molar refractivity (Wildman–Crippen MR) is 107 cm³/mol. The molecule has 0 radical (unpaired) electrons. The van der Waals surface area contributed by atoms with Crippen LogP contribution in [0.2, 0.25) is 0 Å². The Kier molecular flexibility index (Phi) is 5.64. The van der Waals surface area contributed by atoms with Crippen molar-refractivity contribution in [1.29, 1.82) is 0 Å². The van der Waals surface area contributed by atoms with E-state index in [-0.39, 0.29) is 17.3 Å². The molecule has 1 saturated heterocycles. The molecular formula is C22H29FN4O. The molecule has 1 saturated carbocycles. The maximum Gasteiger partial charge on any atom is 0.317 e. The summed E-state index contributed by atoms with van der Waals surface area (Å²) in [6.07, 6.45) is 9.27. The quantitative estimate of drug-likeness (QED) is 0.824. The molecule has 1 aliphatic carbocycles. The number of carbonyl (C=O) groups is 1. The molecule has 0 bridgehead atoms. The van der Waals surface area contributed by atoms with Gasteiger partial charge in [0.25, 0.3) is 0 Å². The van der Waals surface area contributed by atoms with Crippen molar-refractivity contribution in [2.75, 3.05) is 19.6 Å². The number of H-pyrrole nitrogens is 1. The normalized spacial score (nSPS) is 22.0. The molecule has 5 nitrogen and oxygen atoms in total. The van der Waals surface area contributed by atoms with Gasteiger partial charge in [-0.25, -0.2) is 9.18 Å². The van der Waals surface area contributed by atoms with E-state index in [1.165, 1.54) is 12.5 Å². The van der Waals surface area contributed by atoms with Crippen LogP contribution in [0.15, 0.2) is 36.5 Å². The second kappa shape index (κ2) is 8.33. The Morgan fingerprint density at radius 1 is 1.25 bits per heavy atom. The summed E-state index contributed by atoms with van der Waals surface area (Å²) in [6, 6.07) is 8.91. The van der Waals surface area contributed by atoms with Gasteiger partial charge >= 0.3 is 6.03 Å². The first kappa shape index (κ1) is 19.0. The van der Waals surface area contributed by atoms with Crippen molar-refractivity contribution in [3.63, 3.8) is 0 Å². The minimum Gasteiger partial charge on any atom is -0.337 e. The molecular weight excluding hydrogens is 355 g/mol. The maximum atomic E-state index is 13.9. The van der Waals surface area contributed by atoms with Crippen LogP contribution in [0.4, 0.5) is 9.18 Å². The third-order valence-corrected chi connectivity index (χ3v) is 6.50. The fourth-order valence-corrected chi connectivity index (χ4v) is 4.88. The molecule has 0 spiro atoms. The van der Waals surface area contributed by atoms with Crippen LogP contribution in [0.1, 0.15) is 62.1 Å². The highest BCUT2D eigenvalue weighted by Crippen LogP contribution is 2.39. The number of aromatic nitrogens is 2. The van der Waals surface area contributed by atoms with Crippen LogP contribution in [-0.4, -0.2) is 40.8 Å². The molecule has 2 fully saturated rings. The van der Waals surface area contributed by atoms with Gasteiger partial charge in [-0.2, -0.15) is 5.10 Å². The Bertz CT molecular complexity index is 786. The van der Waals surface area contributed by atoms with Crippen LogP contribution in [0, 0.1) is 5.82 Å². The van der Waals surface area contributed by atoms with E-state index >= 15 is 0 Å². The zero-order chi connectivity index (χ0) is 19.4. The van der Waals surface area contributed by atoms with Gasteiger partial charge in [-0.1, -0.05) is 31.4 Å². The van der Waals surface area contributed by atoms with Gasteiger partial charge in [0.2, 0.25) is 0 Å². The molecule has 4 rings (SSSR count). The zero-order valence-electron chi connectivity index (χ0n) is 16.3. The van der Waals surface area contributed by atoms with Crippen molar-refractivity contribution in [3.05, 3.63) is 53.6 Å². The van der Waals surface area contributed by atoms with Gasteiger partial charge in [-0.05, 0) is 49.4 Å². The van der Waals surface area contributed by atoms with E-state index < -0.39 is 0 Å². The average molecular weight is 384 g/mol. The molecule has 1 aliphatic heterocycles. The molecule has 1 atom stereocenters. The molecule has 1 aromatic carbocycles. The molecule has 1 aromatic heterocycles. The number of nitrogens with zero attached hydrogens (tertiary/aromatic N) is 2. The second-order valence-electron chi connectivity index (χ2n) is 8.31. The van der Waals surface area contributed by atoms with Crippen LogP contribution in [0.3, 0.4) is 0 Å². The predicted octanol–water partition coefficient (Wildman–Crippen LogP) is 4.34. The first-order valence-corrected chi connectivity index (χ1v) is 10.4. The monoisotopic (exact) mass is 384 g/mol. The summed E-state index contributed by atoms with van der Waals surface area (Å²) in [6.45, 7) is 2.06. The molecule has 2 N–H and O–H groups in total. The molecule has 28 heavy (non-hydrogen) atoms. The van der Waals surface area contributed by atoms with E-state index in [2.05, 4.69) is 15.5 Å². The maximum absolute atomic E-state index is 13.9. The number of likely N-dealkylation sites (tertiary alicyclic amines) is 1. The number of urea groups is 1. The van der Waals surface area contributed by atoms with Crippen LogP contribution in [-0.2, 0) is 5.41 Å². The number of hydrogen-bond donors (Lipinski definition) is 2. The van der Waals surface area contributed by atoms with E-state index in [1.807, 2.05) is 17.0 Å². The highest BCUT2D eigenvalue weighted by molar-refractivity contribution is 5.74. The van der Waals surface area contributed by atoms with Crippen LogP contribution < -0.4 is 5.32 Å². The van der Waals surface area contributed by atoms with Gasteiger partial charge in [0.15, 0.2) is 0 Å². The summed E-state index contributed by atoms with van der Waals surface area (Å²) in [7, 11) is 0. The standard InChI is InChI=1S/C22H29FN4O/c23-19-8-4-7-18(14-19)22(10-2-1-3-11-22)16-24-21(28)27-13-5-6-17(15-27)20-9-12-25-26-20/h4,7-9,12,14,17H,1-3,5-6,10-11,13,15-16H2,(H,24,28)(H,25,26). The van der Waals surface area contributed by atoms with Crippen LogP contribution >= 0.6 is 0 Å². The molecule has 2 heterocycles. The topological polar surface area (TPSA) is 61.0 Å². The number of rotatable bonds is 4.